The van der Waals surface area contributed by atoms with E-state index in [1.54, 1.807) is 24.4 Å². The topological polar surface area (TPSA) is 165 Å². The van der Waals surface area contributed by atoms with Crippen LogP contribution in [0.1, 0.15) is 65.4 Å². The summed E-state index contributed by atoms with van der Waals surface area (Å²) in [6.45, 7) is 4.86. The minimum atomic E-state index is -2.92. The van der Waals surface area contributed by atoms with Crippen LogP contribution in [-0.2, 0) is 17.8 Å². The van der Waals surface area contributed by atoms with Crippen molar-refractivity contribution >= 4 is 51.2 Å². The molecule has 0 amide bonds. The number of carboxylic acids is 1. The molecular weight excluding hydrogens is 754 g/mol. The Morgan fingerprint density at radius 3 is 2.61 bits per heavy atom. The predicted octanol–water partition coefficient (Wildman–Crippen LogP) is 7.98. The van der Waals surface area contributed by atoms with Gasteiger partial charge in [-0.25, -0.2) is 23.7 Å². The lowest BCUT2D eigenvalue weighted by Crippen LogP contribution is -2.26. The first-order valence-corrected chi connectivity index (χ1v) is 19.3. The number of aromatic nitrogens is 4. The van der Waals surface area contributed by atoms with Gasteiger partial charge in [0.1, 0.15) is 22.7 Å². The molecule has 9 rings (SSSR count). The molecule has 3 aromatic heterocycles. The van der Waals surface area contributed by atoms with Crippen LogP contribution in [0.15, 0.2) is 59.1 Å². The van der Waals surface area contributed by atoms with Gasteiger partial charge >= 0.3 is 5.97 Å². The number of anilines is 2. The molecule has 6 aromatic rings. The third-order valence-corrected chi connectivity index (χ3v) is 11.9. The monoisotopic (exact) mass is 790 g/mol. The van der Waals surface area contributed by atoms with E-state index in [0.29, 0.717) is 95.3 Å². The summed E-state index contributed by atoms with van der Waals surface area (Å²) in [5, 5.41) is 33.3. The third kappa shape index (κ3) is 6.74. The van der Waals surface area contributed by atoms with Gasteiger partial charge in [-0.3, -0.25) is 19.6 Å². The molecule has 0 saturated carbocycles. The zero-order chi connectivity index (χ0) is 39.5. The lowest BCUT2D eigenvalue weighted by Gasteiger charge is -2.24. The Bertz CT molecular complexity index is 2630. The largest absolute Gasteiger partial charge is 0.481 e. The summed E-state index contributed by atoms with van der Waals surface area (Å²) in [5.74, 6) is -1.39. The molecule has 5 heterocycles. The highest BCUT2D eigenvalue weighted by Gasteiger charge is 2.38. The predicted molar refractivity (Wildman–Crippen MR) is 209 cm³/mol. The van der Waals surface area contributed by atoms with Gasteiger partial charge < -0.3 is 19.9 Å². The van der Waals surface area contributed by atoms with Crippen LogP contribution < -0.4 is 5.32 Å². The number of fused-ring (bicyclic) bond motifs is 3. The number of alkyl halides is 2. The number of likely N-dealkylation sites (tertiary alicyclic amines) is 2. The summed E-state index contributed by atoms with van der Waals surface area (Å²) in [4.78, 5) is 33.7. The molecule has 3 aromatic carbocycles. The molecule has 0 unspecified atom stereocenters. The molecule has 0 spiro atoms. The van der Waals surface area contributed by atoms with Gasteiger partial charge in [-0.15, -0.1) is 0 Å². The summed E-state index contributed by atoms with van der Waals surface area (Å²) in [6, 6.07) is 17.2. The number of aliphatic hydroxyl groups excluding tert-OH is 1. The fourth-order valence-corrected chi connectivity index (χ4v) is 8.97. The number of nitriles is 1. The van der Waals surface area contributed by atoms with Gasteiger partial charge in [0, 0.05) is 49.5 Å². The average molecular weight is 791 g/mol. The van der Waals surface area contributed by atoms with Crippen molar-refractivity contribution in [2.24, 2.45) is 5.92 Å². The van der Waals surface area contributed by atoms with E-state index in [1.807, 2.05) is 37.3 Å². The summed E-state index contributed by atoms with van der Waals surface area (Å²) < 4.78 is 34.5. The molecular formula is C42H37ClF2N8O4. The Morgan fingerprint density at radius 1 is 1.05 bits per heavy atom. The number of nitrogens with one attached hydrogen (secondary N) is 1. The Morgan fingerprint density at radius 2 is 1.86 bits per heavy atom. The molecule has 3 atom stereocenters. The van der Waals surface area contributed by atoms with Crippen LogP contribution in [0.25, 0.3) is 44.7 Å². The maximum atomic E-state index is 14.1. The van der Waals surface area contributed by atoms with Gasteiger partial charge in [-0.2, -0.15) is 5.26 Å². The number of aliphatic hydroxyl groups is 1. The molecule has 15 heteroatoms. The van der Waals surface area contributed by atoms with E-state index in [2.05, 4.69) is 36.1 Å². The van der Waals surface area contributed by atoms with E-state index < -0.39 is 24.1 Å². The number of pyridine rings is 1. The van der Waals surface area contributed by atoms with Crippen molar-refractivity contribution in [2.45, 2.75) is 57.7 Å². The van der Waals surface area contributed by atoms with Crippen molar-refractivity contribution < 1.29 is 28.2 Å². The zero-order valence-corrected chi connectivity index (χ0v) is 31.6. The Balaban J connectivity index is 1.04. The molecule has 12 nitrogen and oxygen atoms in total. The zero-order valence-electron chi connectivity index (χ0n) is 30.8. The maximum absolute atomic E-state index is 14.1. The number of hydrogen-bond donors (Lipinski definition) is 3. The summed E-state index contributed by atoms with van der Waals surface area (Å²) in [7, 11) is 0. The number of rotatable bonds is 9. The van der Waals surface area contributed by atoms with Gasteiger partial charge in [0.2, 0.25) is 5.89 Å². The number of nitrogens with zero attached hydrogens (tertiary/aromatic N) is 7. The van der Waals surface area contributed by atoms with Gasteiger partial charge in [0.15, 0.2) is 17.2 Å². The molecule has 0 bridgehead atoms. The molecule has 3 N–H and O–H groups in total. The Kier molecular flexibility index (Phi) is 9.56. The first kappa shape index (κ1) is 37.0. The van der Waals surface area contributed by atoms with Crippen molar-refractivity contribution in [3.8, 4) is 28.7 Å². The van der Waals surface area contributed by atoms with Crippen LogP contribution in [0.2, 0.25) is 5.02 Å². The van der Waals surface area contributed by atoms with E-state index >= 15 is 0 Å². The fraction of sp³-hybridized carbons (Fsp3) is 0.333. The highest BCUT2D eigenvalue weighted by molar-refractivity contribution is 6.36. The molecule has 3 aliphatic rings. The van der Waals surface area contributed by atoms with E-state index in [1.165, 1.54) is 0 Å². The van der Waals surface area contributed by atoms with Crippen molar-refractivity contribution in [1.82, 2.24) is 29.7 Å². The molecule has 2 aliphatic heterocycles. The number of aliphatic carboxylic acids is 1. The quantitative estimate of drug-likeness (QED) is 0.130. The van der Waals surface area contributed by atoms with Crippen LogP contribution in [0.3, 0.4) is 0 Å². The van der Waals surface area contributed by atoms with Gasteiger partial charge in [0.05, 0.1) is 28.2 Å². The number of halogens is 3. The molecule has 57 heavy (non-hydrogen) atoms. The standard InChI is InChI=1S/C42H37ClF2N8O4/c1-21-25(4-2-5-26(21)41-50-33-15-29-27(30(16-46)37(33)57-41)8-9-34(29)53-13-10-23(19-53)42(55)56)28-6-3-7-31(35(28)43)48-39-36-32(49-40(51-39)38(44)45)14-22(17-47-36)18-52-12-11-24(54)20-52/h2-7,14-15,17,23-24,34,38,54H,8-13,18-20H2,1H3,(H,55,56)(H,48,49,51)/t23-,24-,34-/m1/s1. The average Bonchev–Trinajstić information content (AvgIpc) is 4.02. The number of β-amino-alcohol motifs (C(OH)–C–C–N with tert-alkyl or cyclic N) is 1. The second-order valence-corrected chi connectivity index (χ2v) is 15.4. The lowest BCUT2D eigenvalue weighted by atomic mass is 9.96. The van der Waals surface area contributed by atoms with Crippen LogP contribution in [-0.4, -0.2) is 78.2 Å². The van der Waals surface area contributed by atoms with Crippen LogP contribution >= 0.6 is 11.6 Å². The second kappa shape index (κ2) is 14.7. The molecule has 1 aliphatic carbocycles. The van der Waals surface area contributed by atoms with Crippen molar-refractivity contribution in [3.63, 3.8) is 0 Å². The number of carbonyl (C=O) groups is 1. The second-order valence-electron chi connectivity index (χ2n) is 15.1. The first-order valence-electron chi connectivity index (χ1n) is 18.9. The minimum Gasteiger partial charge on any atom is -0.481 e. The minimum absolute atomic E-state index is 0.0141. The van der Waals surface area contributed by atoms with Crippen LogP contribution in [0, 0.1) is 24.2 Å². The summed E-state index contributed by atoms with van der Waals surface area (Å²) in [5.41, 5.74) is 8.10. The number of oxazole rings is 1. The van der Waals surface area contributed by atoms with Crippen LogP contribution in [0.4, 0.5) is 20.3 Å². The highest BCUT2D eigenvalue weighted by atomic mass is 35.5. The maximum Gasteiger partial charge on any atom is 0.307 e. The third-order valence-electron chi connectivity index (χ3n) is 11.5. The van der Waals surface area contributed by atoms with E-state index in [4.69, 9.17) is 21.0 Å². The van der Waals surface area contributed by atoms with Crippen LogP contribution in [0.5, 0.6) is 0 Å². The number of benzene rings is 3. The lowest BCUT2D eigenvalue weighted by molar-refractivity contribution is -0.141. The molecule has 290 valence electrons. The Hall–Kier alpha value is -5.59. The first-order chi connectivity index (χ1) is 27.6. The number of hydrogen-bond acceptors (Lipinski definition) is 11. The smallest absolute Gasteiger partial charge is 0.307 e. The van der Waals surface area contributed by atoms with Gasteiger partial charge in [-0.1, -0.05) is 35.9 Å². The number of carboxylic acid groups (broad SMARTS) is 1. The molecule has 0 radical (unpaired) electrons. The summed E-state index contributed by atoms with van der Waals surface area (Å²) >= 11 is 7.09. The van der Waals surface area contributed by atoms with E-state index in [0.717, 1.165) is 40.8 Å². The van der Waals surface area contributed by atoms with E-state index in [-0.39, 0.29) is 23.5 Å². The Labute approximate surface area is 330 Å². The van der Waals surface area contributed by atoms with Crippen molar-refractivity contribution in [3.05, 3.63) is 93.4 Å². The van der Waals surface area contributed by atoms with E-state index in [9.17, 15) is 29.1 Å². The molecule has 2 saturated heterocycles. The van der Waals surface area contributed by atoms with Crippen molar-refractivity contribution in [2.75, 3.05) is 31.5 Å². The summed E-state index contributed by atoms with van der Waals surface area (Å²) in [6.07, 6.45) is 1.13. The fourth-order valence-electron chi connectivity index (χ4n) is 8.70. The highest BCUT2D eigenvalue weighted by Crippen LogP contribution is 2.44. The molecule has 2 fully saturated rings. The normalized spacial score (nSPS) is 19.8. The SMILES string of the molecule is Cc1c(-c2nc3cc4c(c(C#N)c3o2)CC[C@H]4N2CC[C@@H](C(=O)O)C2)cccc1-c1cccc(Nc2nc(C(F)F)nc3cc(CN4CC[C@@H](O)C4)cnc23)c1Cl. The van der Waals surface area contributed by atoms with Crippen molar-refractivity contribution in [1.29, 1.82) is 5.26 Å². The van der Waals surface area contributed by atoms with Gasteiger partial charge in [-0.05, 0) is 91.2 Å². The van der Waals surface area contributed by atoms with Gasteiger partial charge in [0.25, 0.3) is 6.43 Å².